The highest BCUT2D eigenvalue weighted by Crippen LogP contribution is 2.38. The minimum absolute atomic E-state index is 0.177. The number of fused-ring (bicyclic) bond motifs is 4. The van der Waals surface area contributed by atoms with Gasteiger partial charge in [-0.2, -0.15) is 0 Å². The second kappa shape index (κ2) is 10.5. The number of aromatic nitrogens is 2. The van der Waals surface area contributed by atoms with Crippen LogP contribution in [-0.2, 0) is 19.1 Å². The van der Waals surface area contributed by atoms with Crippen molar-refractivity contribution in [3.63, 3.8) is 0 Å². The summed E-state index contributed by atoms with van der Waals surface area (Å²) in [7, 11) is 0. The minimum atomic E-state index is -0.683. The summed E-state index contributed by atoms with van der Waals surface area (Å²) in [5.74, 6) is -1.12. The number of pyridine rings is 2. The van der Waals surface area contributed by atoms with Crippen LogP contribution < -0.4 is 20.4 Å². The maximum Gasteiger partial charge on any atom is 0.331 e. The number of rotatable bonds is 8. The Hall–Kier alpha value is -4.02. The monoisotopic (exact) mass is 542 g/mol. The van der Waals surface area contributed by atoms with Gasteiger partial charge in [0.1, 0.15) is 11.2 Å². The summed E-state index contributed by atoms with van der Waals surface area (Å²) in [6.07, 6.45) is 14.5. The molecule has 0 amide bonds. The van der Waals surface area contributed by atoms with Crippen LogP contribution in [0.25, 0.3) is 12.2 Å². The Bertz CT molecular complexity index is 1260. The van der Waals surface area contributed by atoms with E-state index in [4.69, 9.17) is 9.47 Å². The van der Waals surface area contributed by atoms with Crippen molar-refractivity contribution in [3.05, 3.63) is 73.4 Å². The van der Waals surface area contributed by atoms with E-state index in [0.29, 0.717) is 39.0 Å². The zero-order chi connectivity index (χ0) is 27.7. The molecule has 6 rings (SSSR count). The first-order valence-corrected chi connectivity index (χ1v) is 13.6. The van der Waals surface area contributed by atoms with Crippen molar-refractivity contribution in [2.45, 2.75) is 36.1 Å². The molecule has 208 valence electrons. The summed E-state index contributed by atoms with van der Waals surface area (Å²) < 4.78 is 11.9. The molecule has 10 heteroatoms. The van der Waals surface area contributed by atoms with E-state index in [1.54, 1.807) is 24.5 Å². The van der Waals surface area contributed by atoms with E-state index in [-0.39, 0.29) is 12.1 Å². The summed E-state index contributed by atoms with van der Waals surface area (Å²) in [6, 6.07) is 4.42. The van der Waals surface area contributed by atoms with Crippen molar-refractivity contribution in [1.29, 1.82) is 0 Å². The zero-order valence-corrected chi connectivity index (χ0v) is 22.4. The average molecular weight is 543 g/mol. The van der Waals surface area contributed by atoms with Crippen LogP contribution in [0, 0.1) is 0 Å². The predicted molar refractivity (Wildman–Crippen MR) is 153 cm³/mol. The van der Waals surface area contributed by atoms with Crippen molar-refractivity contribution in [1.82, 2.24) is 20.6 Å². The third-order valence-corrected chi connectivity index (χ3v) is 8.28. The van der Waals surface area contributed by atoms with Crippen LogP contribution in [-0.4, -0.2) is 84.5 Å². The first kappa shape index (κ1) is 26.2. The Balaban J connectivity index is 1.08. The van der Waals surface area contributed by atoms with Gasteiger partial charge in [-0.15, -0.1) is 0 Å². The smallest absolute Gasteiger partial charge is 0.331 e. The molecule has 0 aromatic carbocycles. The number of nitrogens with zero attached hydrogens (tertiary/aromatic N) is 4. The SMILES string of the molecule is C=Cc1cncc(N2C[C@@]3(OC(=O)/C=C/C(=O)O[C@]45CNC[C@@H](C4)N(c4cncc(C=C)c4)C5)CNC[C@H]2C3)c1. The number of carbonyl (C=O) groups is 2. The molecule has 4 aliphatic rings. The van der Waals surface area contributed by atoms with Gasteiger partial charge in [-0.05, 0) is 23.3 Å². The number of nitrogens with one attached hydrogen (secondary N) is 2. The molecule has 4 aliphatic heterocycles. The number of ether oxygens (including phenoxy) is 2. The summed E-state index contributed by atoms with van der Waals surface area (Å²) >= 11 is 0. The second-order valence-corrected chi connectivity index (χ2v) is 11.1. The number of anilines is 2. The molecule has 0 aliphatic carbocycles. The van der Waals surface area contributed by atoms with Crippen molar-refractivity contribution in [2.24, 2.45) is 0 Å². The molecule has 10 nitrogen and oxygen atoms in total. The number of hydrogen-bond acceptors (Lipinski definition) is 10. The van der Waals surface area contributed by atoms with Gasteiger partial charge < -0.3 is 29.9 Å². The predicted octanol–water partition coefficient (Wildman–Crippen LogP) is 1.95. The van der Waals surface area contributed by atoms with E-state index >= 15 is 0 Å². The van der Waals surface area contributed by atoms with Crippen LogP contribution in [0.3, 0.4) is 0 Å². The Morgan fingerprint density at radius 1 is 0.800 bits per heavy atom. The van der Waals surface area contributed by atoms with Gasteiger partial charge in [0.05, 0.1) is 36.9 Å². The summed E-state index contributed by atoms with van der Waals surface area (Å²) in [5, 5.41) is 6.77. The Morgan fingerprint density at radius 2 is 1.25 bits per heavy atom. The maximum absolute atomic E-state index is 12.9. The van der Waals surface area contributed by atoms with E-state index in [1.165, 1.54) is 12.2 Å². The van der Waals surface area contributed by atoms with Gasteiger partial charge in [0.25, 0.3) is 0 Å². The van der Waals surface area contributed by atoms with Crippen molar-refractivity contribution < 1.29 is 19.1 Å². The van der Waals surface area contributed by atoms with Crippen LogP contribution in [0.2, 0.25) is 0 Å². The highest BCUT2D eigenvalue weighted by Gasteiger charge is 2.51. The minimum Gasteiger partial charge on any atom is -0.453 e. The van der Waals surface area contributed by atoms with Crippen LogP contribution in [0.5, 0.6) is 0 Å². The Labute approximate surface area is 233 Å². The van der Waals surface area contributed by atoms with Gasteiger partial charge >= 0.3 is 11.9 Å². The van der Waals surface area contributed by atoms with Gasteiger partial charge in [0.15, 0.2) is 0 Å². The molecule has 0 saturated carbocycles. The van der Waals surface area contributed by atoms with Gasteiger partial charge in [-0.1, -0.05) is 25.3 Å². The van der Waals surface area contributed by atoms with Crippen LogP contribution >= 0.6 is 0 Å². The quantitative estimate of drug-likeness (QED) is 0.380. The number of carbonyl (C=O) groups excluding carboxylic acids is 2. The highest BCUT2D eigenvalue weighted by atomic mass is 16.6. The molecule has 40 heavy (non-hydrogen) atoms. The summed E-state index contributed by atoms with van der Waals surface area (Å²) in [6.45, 7) is 11.4. The van der Waals surface area contributed by atoms with Crippen LogP contribution in [0.4, 0.5) is 11.4 Å². The molecule has 4 saturated heterocycles. The first-order valence-electron chi connectivity index (χ1n) is 13.6. The lowest BCUT2D eigenvalue weighted by molar-refractivity contribution is -0.155. The fourth-order valence-corrected chi connectivity index (χ4v) is 6.52. The van der Waals surface area contributed by atoms with E-state index < -0.39 is 23.1 Å². The summed E-state index contributed by atoms with van der Waals surface area (Å²) in [4.78, 5) is 38.8. The lowest BCUT2D eigenvalue weighted by Crippen LogP contribution is -2.50. The largest absolute Gasteiger partial charge is 0.453 e. The molecular weight excluding hydrogens is 508 g/mol. The standard InChI is InChI=1S/C30H34N6O4/c1-3-21-7-23(13-31-11-21)35-19-29(9-25(35)15-33-17-29)39-27(37)5-6-28(38)40-30-10-26(16-34-18-30)36(20-30)24-8-22(4-2)12-32-14-24/h3-8,11-14,25-26,33-34H,1-2,9-10,15-20H2/b6-5+/t25-,26-,29+,30+/m1/s1. The highest BCUT2D eigenvalue weighted by molar-refractivity contribution is 5.92. The Kier molecular flexibility index (Phi) is 6.89. The third-order valence-electron chi connectivity index (χ3n) is 8.28. The Morgan fingerprint density at radius 3 is 1.68 bits per heavy atom. The molecule has 2 aromatic heterocycles. The van der Waals surface area contributed by atoms with Crippen molar-refractivity contribution >= 4 is 35.5 Å². The van der Waals surface area contributed by atoms with Crippen LogP contribution in [0.1, 0.15) is 24.0 Å². The molecule has 4 atom stereocenters. The van der Waals surface area contributed by atoms with Crippen molar-refractivity contribution in [3.8, 4) is 0 Å². The molecular formula is C30H34N6O4. The molecule has 4 bridgehead atoms. The number of hydrogen-bond donors (Lipinski definition) is 2. The van der Waals surface area contributed by atoms with Gasteiger partial charge in [0.2, 0.25) is 0 Å². The van der Waals surface area contributed by atoms with E-state index in [9.17, 15) is 9.59 Å². The second-order valence-electron chi connectivity index (χ2n) is 11.1. The molecule has 2 N–H and O–H groups in total. The molecule has 4 fully saturated rings. The average Bonchev–Trinajstić information content (AvgIpc) is 3.38. The topological polar surface area (TPSA) is 109 Å². The molecule has 6 heterocycles. The lowest BCUT2D eigenvalue weighted by atomic mass is 9.96. The lowest BCUT2D eigenvalue weighted by Gasteiger charge is -2.31. The third kappa shape index (κ3) is 5.12. The molecule has 2 aromatic rings. The first-order chi connectivity index (χ1) is 19.4. The van der Waals surface area contributed by atoms with Crippen LogP contribution in [0.15, 0.2) is 62.2 Å². The molecule has 0 unspecified atom stereocenters. The molecule has 0 spiro atoms. The van der Waals surface area contributed by atoms with Gasteiger partial charge in [-0.3, -0.25) is 9.97 Å². The maximum atomic E-state index is 12.9. The van der Waals surface area contributed by atoms with E-state index in [2.05, 4.69) is 43.6 Å². The normalized spacial score (nSPS) is 28.9. The van der Waals surface area contributed by atoms with E-state index in [0.717, 1.165) is 35.6 Å². The van der Waals surface area contributed by atoms with Crippen molar-refractivity contribution in [2.75, 3.05) is 49.1 Å². The fraction of sp³-hybridized carbons (Fsp3) is 0.400. The van der Waals surface area contributed by atoms with Gasteiger partial charge in [-0.25, -0.2) is 9.59 Å². The van der Waals surface area contributed by atoms with Gasteiger partial charge in [0, 0.05) is 75.7 Å². The summed E-state index contributed by atoms with van der Waals surface area (Å²) in [5.41, 5.74) is 2.45. The zero-order valence-electron chi connectivity index (χ0n) is 22.4. The number of esters is 2. The number of piperidine rings is 2. The molecule has 0 radical (unpaired) electrons. The fourth-order valence-electron chi connectivity index (χ4n) is 6.52. The van der Waals surface area contributed by atoms with E-state index in [1.807, 2.05) is 24.5 Å².